The van der Waals surface area contributed by atoms with Gasteiger partial charge in [-0.05, 0) is 31.4 Å². The smallest absolute Gasteiger partial charge is 0.0691 e. The summed E-state index contributed by atoms with van der Waals surface area (Å²) in [6.45, 7) is 6.84. The van der Waals surface area contributed by atoms with E-state index in [1.807, 2.05) is 6.08 Å². The van der Waals surface area contributed by atoms with Gasteiger partial charge in [0, 0.05) is 18.4 Å². The number of aromatic nitrogens is 2. The van der Waals surface area contributed by atoms with Crippen molar-refractivity contribution in [3.8, 4) is 12.3 Å². The molecule has 1 aromatic carbocycles. The second-order valence-electron chi connectivity index (χ2n) is 4.80. The summed E-state index contributed by atoms with van der Waals surface area (Å²) in [7, 11) is 0. The van der Waals surface area contributed by atoms with Gasteiger partial charge in [-0.15, -0.1) is 12.3 Å². The predicted molar refractivity (Wildman–Crippen MR) is 81.9 cm³/mol. The minimum Gasteiger partial charge on any atom is -0.265 e. The molecule has 0 amide bonds. The maximum atomic E-state index is 5.25. The van der Waals surface area contributed by atoms with Crippen LogP contribution in [0.1, 0.15) is 36.9 Å². The van der Waals surface area contributed by atoms with Gasteiger partial charge in [-0.1, -0.05) is 31.2 Å². The summed E-state index contributed by atoms with van der Waals surface area (Å²) in [4.78, 5) is 0. The van der Waals surface area contributed by atoms with Crippen LogP contribution < -0.4 is 0 Å². The van der Waals surface area contributed by atoms with Gasteiger partial charge in [0.1, 0.15) is 0 Å². The van der Waals surface area contributed by atoms with Crippen LogP contribution in [-0.2, 0) is 6.54 Å². The topological polar surface area (TPSA) is 17.8 Å². The zero-order valence-corrected chi connectivity index (χ0v) is 11.5. The molecule has 2 heteroatoms. The highest BCUT2D eigenvalue weighted by molar-refractivity contribution is 5.84. The first-order chi connectivity index (χ1) is 9.26. The van der Waals surface area contributed by atoms with Gasteiger partial charge >= 0.3 is 0 Å². The van der Waals surface area contributed by atoms with Crippen molar-refractivity contribution in [3.05, 3.63) is 36.0 Å². The first-order valence-corrected chi connectivity index (χ1v) is 6.79. The Hall–Kier alpha value is -2.01. The van der Waals surface area contributed by atoms with Gasteiger partial charge in [0.25, 0.3) is 0 Å². The van der Waals surface area contributed by atoms with E-state index in [9.17, 15) is 0 Å². The van der Waals surface area contributed by atoms with Crippen molar-refractivity contribution >= 4 is 17.0 Å². The molecule has 0 aliphatic heterocycles. The third-order valence-electron chi connectivity index (χ3n) is 3.39. The molecule has 0 atom stereocenters. The highest BCUT2D eigenvalue weighted by atomic mass is 15.3. The minimum atomic E-state index is 0.874. The fraction of sp³-hybridized carbons (Fsp3) is 0.353. The summed E-state index contributed by atoms with van der Waals surface area (Å²) in [6.07, 6.45) is 11.4. The maximum Gasteiger partial charge on any atom is 0.0691 e. The van der Waals surface area contributed by atoms with E-state index in [1.54, 1.807) is 0 Å². The van der Waals surface area contributed by atoms with Gasteiger partial charge < -0.3 is 0 Å². The molecule has 0 saturated heterocycles. The van der Waals surface area contributed by atoms with E-state index in [1.165, 1.54) is 10.9 Å². The summed E-state index contributed by atoms with van der Waals surface area (Å²) >= 11 is 0. The Morgan fingerprint density at radius 1 is 1.37 bits per heavy atom. The third-order valence-corrected chi connectivity index (χ3v) is 3.39. The van der Waals surface area contributed by atoms with Gasteiger partial charge in [0.05, 0.1) is 11.2 Å². The zero-order valence-electron chi connectivity index (χ0n) is 11.5. The lowest BCUT2D eigenvalue weighted by molar-refractivity contribution is 0.558. The number of terminal acetylenes is 1. The van der Waals surface area contributed by atoms with Crippen LogP contribution in [-0.4, -0.2) is 9.78 Å². The largest absolute Gasteiger partial charge is 0.265 e. The first-order valence-electron chi connectivity index (χ1n) is 6.79. The van der Waals surface area contributed by atoms with E-state index < -0.39 is 0 Å². The molecule has 2 nitrogen and oxygen atoms in total. The molecular weight excluding hydrogens is 232 g/mol. The van der Waals surface area contributed by atoms with Crippen LogP contribution in [0.15, 0.2) is 24.8 Å². The van der Waals surface area contributed by atoms with E-state index in [-0.39, 0.29) is 0 Å². The molecule has 19 heavy (non-hydrogen) atoms. The second-order valence-corrected chi connectivity index (χ2v) is 4.80. The molecule has 0 saturated carbocycles. The van der Waals surface area contributed by atoms with Crippen LogP contribution in [0.4, 0.5) is 0 Å². The fourth-order valence-corrected chi connectivity index (χ4v) is 2.32. The highest BCUT2D eigenvalue weighted by Gasteiger charge is 2.07. The van der Waals surface area contributed by atoms with Crippen molar-refractivity contribution in [1.82, 2.24) is 9.78 Å². The van der Waals surface area contributed by atoms with Crippen molar-refractivity contribution in [2.75, 3.05) is 0 Å². The first kappa shape index (κ1) is 13.4. The Labute approximate surface area is 115 Å². The highest BCUT2D eigenvalue weighted by Crippen LogP contribution is 2.20. The van der Waals surface area contributed by atoms with Crippen LogP contribution in [0.2, 0.25) is 0 Å². The molecule has 2 rings (SSSR count). The molecule has 0 aliphatic rings. The number of benzene rings is 1. The molecule has 1 heterocycles. The molecule has 0 radical (unpaired) electrons. The van der Waals surface area contributed by atoms with E-state index in [2.05, 4.69) is 47.4 Å². The van der Waals surface area contributed by atoms with Crippen LogP contribution in [0, 0.1) is 19.3 Å². The Morgan fingerprint density at radius 3 is 2.95 bits per heavy atom. The van der Waals surface area contributed by atoms with Gasteiger partial charge in [0.15, 0.2) is 0 Å². The standard InChI is InChI=1S/C17H20N2/c1-4-6-7-8-9-12-19-17-13-15(5-2)10-11-16(17)14(3)18-19/h1,5,10-11,13H,2,6-9,12H2,3H3. The summed E-state index contributed by atoms with van der Waals surface area (Å²) in [5, 5.41) is 5.86. The van der Waals surface area contributed by atoms with E-state index in [4.69, 9.17) is 6.42 Å². The second kappa shape index (κ2) is 6.24. The molecule has 1 aromatic heterocycles. The molecule has 0 aliphatic carbocycles. The maximum absolute atomic E-state index is 5.25. The molecule has 0 fully saturated rings. The van der Waals surface area contributed by atoms with Crippen molar-refractivity contribution in [1.29, 1.82) is 0 Å². The van der Waals surface area contributed by atoms with E-state index in [0.717, 1.165) is 43.5 Å². The Balaban J connectivity index is 2.14. The number of hydrogen-bond acceptors (Lipinski definition) is 1. The summed E-state index contributed by atoms with van der Waals surface area (Å²) < 4.78 is 2.10. The molecular formula is C17H20N2. The van der Waals surface area contributed by atoms with Gasteiger partial charge in [-0.3, -0.25) is 4.68 Å². The quantitative estimate of drug-likeness (QED) is 0.557. The molecule has 2 aromatic rings. The normalized spacial score (nSPS) is 10.5. The molecule has 98 valence electrons. The lowest BCUT2D eigenvalue weighted by Gasteiger charge is -2.03. The SMILES string of the molecule is C#CCCCCCn1nc(C)c2ccc(C=C)cc21. The molecule has 0 spiro atoms. The Morgan fingerprint density at radius 2 is 2.21 bits per heavy atom. The van der Waals surface area contributed by atoms with Crippen molar-refractivity contribution in [2.45, 2.75) is 39.2 Å². The predicted octanol–water partition coefficient (Wildman–Crippen LogP) is 4.18. The van der Waals surface area contributed by atoms with Crippen LogP contribution in [0.25, 0.3) is 17.0 Å². The fourth-order valence-electron chi connectivity index (χ4n) is 2.32. The number of aryl methyl sites for hydroxylation is 2. The van der Waals surface area contributed by atoms with Crippen molar-refractivity contribution < 1.29 is 0 Å². The number of hydrogen-bond donors (Lipinski definition) is 0. The monoisotopic (exact) mass is 252 g/mol. The summed E-state index contributed by atoms with van der Waals surface area (Å²) in [5.41, 5.74) is 3.43. The Kier molecular flexibility index (Phi) is 4.41. The lowest BCUT2D eigenvalue weighted by Crippen LogP contribution is -2.00. The Bertz CT molecular complexity index is 614. The average Bonchev–Trinajstić information content (AvgIpc) is 2.75. The molecule has 0 unspecified atom stereocenters. The van der Waals surface area contributed by atoms with Crippen LogP contribution >= 0.6 is 0 Å². The van der Waals surface area contributed by atoms with E-state index >= 15 is 0 Å². The third kappa shape index (κ3) is 3.06. The minimum absolute atomic E-state index is 0.874. The number of fused-ring (bicyclic) bond motifs is 1. The summed E-state index contributed by atoms with van der Waals surface area (Å²) in [5.74, 6) is 2.68. The zero-order chi connectivity index (χ0) is 13.7. The average molecular weight is 252 g/mol. The molecule has 0 N–H and O–H groups in total. The number of nitrogens with zero attached hydrogens (tertiary/aromatic N) is 2. The van der Waals surface area contributed by atoms with Gasteiger partial charge in [0.2, 0.25) is 0 Å². The van der Waals surface area contributed by atoms with Crippen molar-refractivity contribution in [2.24, 2.45) is 0 Å². The summed E-state index contributed by atoms with van der Waals surface area (Å²) in [6, 6.07) is 6.37. The van der Waals surface area contributed by atoms with Crippen LogP contribution in [0.3, 0.4) is 0 Å². The number of rotatable bonds is 6. The van der Waals surface area contributed by atoms with Gasteiger partial charge in [-0.25, -0.2) is 0 Å². The van der Waals surface area contributed by atoms with Gasteiger partial charge in [-0.2, -0.15) is 5.10 Å². The van der Waals surface area contributed by atoms with Crippen LogP contribution in [0.5, 0.6) is 0 Å². The lowest BCUT2D eigenvalue weighted by atomic mass is 10.1. The van der Waals surface area contributed by atoms with Crippen molar-refractivity contribution in [3.63, 3.8) is 0 Å². The molecule has 0 bridgehead atoms. The van der Waals surface area contributed by atoms with E-state index in [0.29, 0.717) is 0 Å². The number of unbranched alkanes of at least 4 members (excludes halogenated alkanes) is 3.